The third-order valence-corrected chi connectivity index (χ3v) is 2.89. The van der Waals surface area contributed by atoms with Gasteiger partial charge in [0.1, 0.15) is 0 Å². The molecule has 92 valence electrons. The van der Waals surface area contributed by atoms with Gasteiger partial charge in [0.25, 0.3) is 0 Å². The maximum absolute atomic E-state index is 5.91. The largest absolute Gasteiger partial charge is 4.00 e. The van der Waals surface area contributed by atoms with E-state index in [1.807, 2.05) is 6.07 Å². The zero-order valence-corrected chi connectivity index (χ0v) is 14.7. The van der Waals surface area contributed by atoms with Crippen LogP contribution in [-0.2, 0) is 32.6 Å². The molecule has 2 aromatic carbocycles. The van der Waals surface area contributed by atoms with Gasteiger partial charge in [-0.25, -0.2) is 0 Å². The van der Waals surface area contributed by atoms with Gasteiger partial charge in [0, 0.05) is 0 Å². The maximum atomic E-state index is 5.91. The molecule has 5 heteroatoms. The van der Waals surface area contributed by atoms with Crippen LogP contribution in [0.1, 0.15) is 11.1 Å². The van der Waals surface area contributed by atoms with Gasteiger partial charge >= 0.3 is 26.2 Å². The summed E-state index contributed by atoms with van der Waals surface area (Å²) < 4.78 is 0. The Balaban J connectivity index is 0. The van der Waals surface area contributed by atoms with E-state index in [1.165, 1.54) is 22.3 Å². The molecule has 0 nitrogen and oxygen atoms in total. The van der Waals surface area contributed by atoms with Crippen LogP contribution < -0.4 is 37.2 Å². The predicted octanol–water partition coefficient (Wildman–Crippen LogP) is -5.28. The van der Waals surface area contributed by atoms with Crippen LogP contribution in [0.4, 0.5) is 0 Å². The van der Waals surface area contributed by atoms with Crippen LogP contribution in [0, 0.1) is 6.07 Å². The van der Waals surface area contributed by atoms with Gasteiger partial charge in [0.2, 0.25) is 0 Å². The van der Waals surface area contributed by atoms with Gasteiger partial charge in [-0.2, -0.15) is 18.2 Å². The Labute approximate surface area is 150 Å². The van der Waals surface area contributed by atoms with Crippen molar-refractivity contribution >= 4 is 11.6 Å². The smallest absolute Gasteiger partial charge is 1.00 e. The van der Waals surface area contributed by atoms with E-state index in [0.29, 0.717) is 5.02 Å². The topological polar surface area (TPSA) is 0 Å². The first kappa shape index (κ1) is 20.8. The number of halogens is 4. The molecule has 2 aromatic rings. The molecule has 18 heavy (non-hydrogen) atoms. The summed E-state index contributed by atoms with van der Waals surface area (Å²) in [5, 5.41) is 0.705. The fourth-order valence-corrected chi connectivity index (χ4v) is 2.21. The minimum Gasteiger partial charge on any atom is -1.00 e. The van der Waals surface area contributed by atoms with Crippen molar-refractivity contribution in [3.8, 4) is 11.1 Å². The summed E-state index contributed by atoms with van der Waals surface area (Å²) in [6, 6.07) is 15.7. The van der Waals surface area contributed by atoms with Crippen LogP contribution in [0.25, 0.3) is 11.1 Å². The second kappa shape index (κ2) is 8.61. The number of hydrogen-bond acceptors (Lipinski definition) is 0. The molecule has 0 unspecified atom stereocenters. The molecule has 0 saturated heterocycles. The van der Waals surface area contributed by atoms with E-state index in [0.717, 1.165) is 6.42 Å². The molecule has 0 bridgehead atoms. The zero-order chi connectivity index (χ0) is 9.54. The summed E-state index contributed by atoms with van der Waals surface area (Å²) in [5.41, 5.74) is 5.21. The van der Waals surface area contributed by atoms with Gasteiger partial charge in [-0.1, -0.05) is 40.4 Å². The van der Waals surface area contributed by atoms with E-state index in [1.54, 1.807) is 0 Å². The van der Waals surface area contributed by atoms with E-state index in [9.17, 15) is 0 Å². The van der Waals surface area contributed by atoms with Crippen LogP contribution in [0.5, 0.6) is 0 Å². The Kier molecular flexibility index (Phi) is 9.95. The molecule has 0 spiro atoms. The number of hydrogen-bond donors (Lipinski definition) is 0. The Hall–Kier alpha value is 0.483. The summed E-state index contributed by atoms with van der Waals surface area (Å²) in [6.45, 7) is 0. The second-order valence-electron chi connectivity index (χ2n) is 3.53. The minimum atomic E-state index is 0. The van der Waals surface area contributed by atoms with E-state index >= 15 is 0 Å². The monoisotopic (exact) mass is 394 g/mol. The predicted molar refractivity (Wildman–Crippen MR) is 58.5 cm³/mol. The molecule has 0 aliphatic heterocycles. The van der Waals surface area contributed by atoms with Gasteiger partial charge < -0.3 is 37.2 Å². The number of rotatable bonds is 0. The summed E-state index contributed by atoms with van der Waals surface area (Å²) in [7, 11) is 0. The van der Waals surface area contributed by atoms with Crippen LogP contribution in [0.2, 0.25) is 5.02 Å². The van der Waals surface area contributed by atoms with Crippen molar-refractivity contribution in [3.05, 3.63) is 58.6 Å². The van der Waals surface area contributed by atoms with Crippen molar-refractivity contribution in [1.82, 2.24) is 0 Å². The number of benzene rings is 2. The molecule has 0 N–H and O–H groups in total. The first-order valence-electron chi connectivity index (χ1n) is 4.63. The molecule has 0 fully saturated rings. The van der Waals surface area contributed by atoms with E-state index in [-0.39, 0.29) is 63.4 Å². The Bertz CT molecular complexity index is 514. The van der Waals surface area contributed by atoms with Crippen LogP contribution in [-0.4, -0.2) is 0 Å². The molecule has 0 heterocycles. The van der Waals surface area contributed by atoms with E-state index in [4.69, 9.17) is 11.6 Å². The van der Waals surface area contributed by atoms with Gasteiger partial charge in [-0.3, -0.25) is 0 Å². The Morgan fingerprint density at radius 2 is 1.56 bits per heavy atom. The van der Waals surface area contributed by atoms with Crippen molar-refractivity contribution in [3.63, 3.8) is 0 Å². The fourth-order valence-electron chi connectivity index (χ4n) is 2.03. The van der Waals surface area contributed by atoms with Gasteiger partial charge in [-0.15, -0.1) is 22.7 Å². The van der Waals surface area contributed by atoms with Crippen LogP contribution in [0.15, 0.2) is 36.4 Å². The standard InChI is InChI=1S/C13H8Cl.3ClH.Zr/c14-11-5-6-13-10(8-11)7-9-3-1-2-4-12(9)13;;;;/h1-6H,7H2;3*1H;/q-1;;;;+4/p-3. The molecule has 0 aromatic heterocycles. The maximum Gasteiger partial charge on any atom is 4.00 e. The van der Waals surface area contributed by atoms with Gasteiger partial charge in [-0.05, 0) is 6.42 Å². The first-order valence-corrected chi connectivity index (χ1v) is 5.01. The number of fused-ring (bicyclic) bond motifs is 3. The van der Waals surface area contributed by atoms with E-state index < -0.39 is 0 Å². The van der Waals surface area contributed by atoms with Crippen molar-refractivity contribution < 1.29 is 63.4 Å². The molecule has 0 radical (unpaired) electrons. The molecule has 3 rings (SSSR count). The normalized spacial score (nSPS) is 9.61. The summed E-state index contributed by atoms with van der Waals surface area (Å²) in [4.78, 5) is 0. The molecule has 0 atom stereocenters. The molecule has 1 aliphatic carbocycles. The molecule has 0 amide bonds. The van der Waals surface area contributed by atoms with E-state index in [2.05, 4.69) is 36.4 Å². The Morgan fingerprint density at radius 1 is 0.889 bits per heavy atom. The molecule has 0 saturated carbocycles. The fraction of sp³-hybridized carbons (Fsp3) is 0.0769. The quantitative estimate of drug-likeness (QED) is 0.333. The summed E-state index contributed by atoms with van der Waals surface area (Å²) in [6.07, 6.45) is 0.964. The molecular formula is C13H8Cl4Zr. The summed E-state index contributed by atoms with van der Waals surface area (Å²) in [5.74, 6) is 0. The second-order valence-corrected chi connectivity index (χ2v) is 3.94. The average Bonchev–Trinajstić information content (AvgIpc) is 2.54. The first-order chi connectivity index (χ1) is 6.84. The summed E-state index contributed by atoms with van der Waals surface area (Å²) >= 11 is 5.91. The van der Waals surface area contributed by atoms with Crippen molar-refractivity contribution in [2.24, 2.45) is 0 Å². The van der Waals surface area contributed by atoms with Crippen molar-refractivity contribution in [1.29, 1.82) is 0 Å². The van der Waals surface area contributed by atoms with Crippen molar-refractivity contribution in [2.45, 2.75) is 6.42 Å². The van der Waals surface area contributed by atoms with Crippen LogP contribution >= 0.6 is 11.6 Å². The third-order valence-electron chi connectivity index (χ3n) is 2.67. The molecule has 1 aliphatic rings. The zero-order valence-electron chi connectivity index (χ0n) is 9.18. The van der Waals surface area contributed by atoms with Gasteiger partial charge in [0.15, 0.2) is 0 Å². The average molecular weight is 397 g/mol. The van der Waals surface area contributed by atoms with Crippen molar-refractivity contribution in [2.75, 3.05) is 0 Å². The van der Waals surface area contributed by atoms with Gasteiger partial charge in [0.05, 0.1) is 0 Å². The van der Waals surface area contributed by atoms with Crippen LogP contribution in [0.3, 0.4) is 0 Å². The Morgan fingerprint density at radius 3 is 2.28 bits per heavy atom. The molecular weight excluding hydrogens is 389 g/mol. The SMILES string of the molecule is Clc1[c-]c2c(cc1)-c1ccccc1C2.[Cl-].[Cl-].[Cl-].[Zr+4]. The third kappa shape index (κ3) is 3.74. The minimum absolute atomic E-state index is 0.